The Bertz CT molecular complexity index is 981. The predicted octanol–water partition coefficient (Wildman–Crippen LogP) is 3.33. The van der Waals surface area contributed by atoms with Crippen LogP contribution in [0.5, 0.6) is 0 Å². The molecule has 2 N–H and O–H groups in total. The number of ether oxygens (including phenoxy) is 1. The van der Waals surface area contributed by atoms with Crippen LogP contribution in [0, 0.1) is 0 Å². The third-order valence-corrected chi connectivity index (χ3v) is 6.78. The molecule has 2 atom stereocenters. The van der Waals surface area contributed by atoms with Gasteiger partial charge in [-0.2, -0.15) is 11.8 Å². The van der Waals surface area contributed by atoms with Crippen LogP contribution in [0.1, 0.15) is 29.9 Å². The van der Waals surface area contributed by atoms with Gasteiger partial charge in [0.05, 0.1) is 0 Å². The molecule has 2 aromatic rings. The van der Waals surface area contributed by atoms with Crippen molar-refractivity contribution in [2.75, 3.05) is 25.2 Å². The Hall–Kier alpha value is -3.00. The Morgan fingerprint density at radius 2 is 1.75 bits per heavy atom. The van der Waals surface area contributed by atoms with Gasteiger partial charge in [0.25, 0.3) is 0 Å². The van der Waals surface area contributed by atoms with Crippen LogP contribution in [0.25, 0.3) is 11.1 Å². The maximum atomic E-state index is 12.9. The third kappa shape index (κ3) is 4.32. The van der Waals surface area contributed by atoms with Crippen LogP contribution in [0.4, 0.5) is 4.79 Å². The summed E-state index contributed by atoms with van der Waals surface area (Å²) in [7, 11) is 0. The SMILES string of the molecule is CSCCC(NC(=O)OCC1c2ccccc2-c2ccccc21)C(=O)N1CCC1C(=O)O. The Balaban J connectivity index is 1.42. The van der Waals surface area contributed by atoms with E-state index >= 15 is 0 Å². The molecule has 4 rings (SSSR count). The summed E-state index contributed by atoms with van der Waals surface area (Å²) in [6.07, 6.45) is 2.09. The lowest BCUT2D eigenvalue weighted by molar-refractivity contribution is -0.158. The number of nitrogens with one attached hydrogen (secondary N) is 1. The molecule has 7 nitrogen and oxygen atoms in total. The van der Waals surface area contributed by atoms with Crippen LogP contribution in [0.15, 0.2) is 48.5 Å². The Labute approximate surface area is 191 Å². The zero-order valence-electron chi connectivity index (χ0n) is 17.8. The van der Waals surface area contributed by atoms with Crippen LogP contribution in [0.3, 0.4) is 0 Å². The molecule has 0 spiro atoms. The van der Waals surface area contributed by atoms with Gasteiger partial charge >= 0.3 is 12.1 Å². The number of hydrogen-bond donors (Lipinski definition) is 2. The van der Waals surface area contributed by atoms with E-state index in [1.165, 1.54) is 4.90 Å². The number of thioether (sulfide) groups is 1. The van der Waals surface area contributed by atoms with Crippen molar-refractivity contribution < 1.29 is 24.2 Å². The van der Waals surface area contributed by atoms with Crippen molar-refractivity contribution in [2.24, 2.45) is 0 Å². The number of alkyl carbamates (subject to hydrolysis) is 1. The highest BCUT2D eigenvalue weighted by Crippen LogP contribution is 2.44. The predicted molar refractivity (Wildman–Crippen MR) is 123 cm³/mol. The van der Waals surface area contributed by atoms with Gasteiger partial charge in [0.15, 0.2) is 0 Å². The van der Waals surface area contributed by atoms with Crippen LogP contribution in [-0.2, 0) is 14.3 Å². The minimum atomic E-state index is -1.02. The smallest absolute Gasteiger partial charge is 0.407 e. The van der Waals surface area contributed by atoms with E-state index < -0.39 is 24.1 Å². The molecule has 1 saturated heterocycles. The number of likely N-dealkylation sites (tertiary alicyclic amines) is 1. The van der Waals surface area contributed by atoms with Crippen LogP contribution in [0.2, 0.25) is 0 Å². The molecule has 2 amide bonds. The lowest BCUT2D eigenvalue weighted by Crippen LogP contribution is -2.60. The van der Waals surface area contributed by atoms with Gasteiger partial charge in [0.1, 0.15) is 18.7 Å². The van der Waals surface area contributed by atoms with E-state index in [2.05, 4.69) is 17.4 Å². The third-order valence-electron chi connectivity index (χ3n) is 6.13. The zero-order valence-corrected chi connectivity index (χ0v) is 18.6. The fourth-order valence-electron chi connectivity index (χ4n) is 4.38. The van der Waals surface area contributed by atoms with Gasteiger partial charge in [0, 0.05) is 12.5 Å². The van der Waals surface area contributed by atoms with Crippen molar-refractivity contribution in [1.82, 2.24) is 10.2 Å². The van der Waals surface area contributed by atoms with Crippen molar-refractivity contribution in [1.29, 1.82) is 0 Å². The number of fused-ring (bicyclic) bond motifs is 3. The Kier molecular flexibility index (Phi) is 6.69. The number of benzene rings is 2. The van der Waals surface area contributed by atoms with E-state index in [1.54, 1.807) is 11.8 Å². The number of carboxylic acids is 1. The summed E-state index contributed by atoms with van der Waals surface area (Å²) in [6, 6.07) is 14.5. The summed E-state index contributed by atoms with van der Waals surface area (Å²) in [5.74, 6) is -0.799. The lowest BCUT2D eigenvalue weighted by Gasteiger charge is -2.40. The van der Waals surface area contributed by atoms with Gasteiger partial charge in [-0.05, 0) is 47.1 Å². The second kappa shape index (κ2) is 9.65. The van der Waals surface area contributed by atoms with Crippen molar-refractivity contribution >= 4 is 29.7 Å². The first-order valence-corrected chi connectivity index (χ1v) is 12.0. The largest absolute Gasteiger partial charge is 0.480 e. The summed E-state index contributed by atoms with van der Waals surface area (Å²) < 4.78 is 5.56. The van der Waals surface area contributed by atoms with Gasteiger partial charge in [-0.25, -0.2) is 9.59 Å². The lowest BCUT2D eigenvalue weighted by atomic mass is 9.98. The Morgan fingerprint density at radius 1 is 1.12 bits per heavy atom. The number of rotatable bonds is 8. The van der Waals surface area contributed by atoms with Crippen LogP contribution < -0.4 is 5.32 Å². The van der Waals surface area contributed by atoms with Gasteiger partial charge < -0.3 is 20.1 Å². The molecule has 1 aliphatic heterocycles. The van der Waals surface area contributed by atoms with Crippen molar-refractivity contribution in [3.63, 3.8) is 0 Å². The summed E-state index contributed by atoms with van der Waals surface area (Å²) in [5, 5.41) is 11.9. The molecule has 32 heavy (non-hydrogen) atoms. The molecule has 1 heterocycles. The number of aliphatic carboxylic acids is 1. The topological polar surface area (TPSA) is 95.9 Å². The summed E-state index contributed by atoms with van der Waals surface area (Å²) >= 11 is 1.56. The van der Waals surface area contributed by atoms with Crippen LogP contribution >= 0.6 is 11.8 Å². The van der Waals surface area contributed by atoms with E-state index in [0.29, 0.717) is 25.1 Å². The van der Waals surface area contributed by atoms with E-state index in [-0.39, 0.29) is 18.4 Å². The molecule has 1 aliphatic carbocycles. The molecule has 2 unspecified atom stereocenters. The summed E-state index contributed by atoms with van der Waals surface area (Å²) in [5.41, 5.74) is 4.51. The summed E-state index contributed by atoms with van der Waals surface area (Å²) in [4.78, 5) is 38.1. The fourth-order valence-corrected chi connectivity index (χ4v) is 4.85. The maximum Gasteiger partial charge on any atom is 0.407 e. The number of nitrogens with zero attached hydrogens (tertiary/aromatic N) is 1. The van der Waals surface area contributed by atoms with Crippen molar-refractivity contribution in [2.45, 2.75) is 30.8 Å². The van der Waals surface area contributed by atoms with Crippen molar-refractivity contribution in [3.05, 3.63) is 59.7 Å². The highest BCUT2D eigenvalue weighted by atomic mass is 32.2. The first kappa shape index (κ1) is 22.2. The summed E-state index contributed by atoms with van der Waals surface area (Å²) in [6.45, 7) is 0.544. The van der Waals surface area contributed by atoms with E-state index in [0.717, 1.165) is 22.3 Å². The monoisotopic (exact) mass is 454 g/mol. The van der Waals surface area contributed by atoms with E-state index in [4.69, 9.17) is 4.74 Å². The number of carboxylic acid groups (broad SMARTS) is 1. The molecule has 0 aromatic heterocycles. The number of carbonyl (C=O) groups excluding carboxylic acids is 2. The Morgan fingerprint density at radius 3 is 2.28 bits per heavy atom. The average molecular weight is 455 g/mol. The number of hydrogen-bond acceptors (Lipinski definition) is 5. The molecular formula is C24H26N2O5S. The van der Waals surface area contributed by atoms with E-state index in [1.807, 2.05) is 42.7 Å². The average Bonchev–Trinajstić information content (AvgIpc) is 3.07. The van der Waals surface area contributed by atoms with Gasteiger partial charge in [-0.1, -0.05) is 48.5 Å². The standard InChI is InChI=1S/C24H26N2O5S/c1-32-13-11-20(22(27)26-12-10-21(26)23(28)29)25-24(30)31-14-19-17-8-4-2-6-15(17)16-7-3-5-9-18(16)19/h2-9,19-21H,10-14H2,1H3,(H,25,30)(H,28,29). The second-order valence-corrected chi connectivity index (χ2v) is 8.96. The molecule has 2 aromatic carbocycles. The highest BCUT2D eigenvalue weighted by Gasteiger charge is 2.40. The normalized spacial score (nSPS) is 17.7. The molecule has 2 aliphatic rings. The molecule has 0 saturated carbocycles. The molecule has 168 valence electrons. The fraction of sp³-hybridized carbons (Fsp3) is 0.375. The first-order valence-electron chi connectivity index (χ1n) is 10.6. The zero-order chi connectivity index (χ0) is 22.7. The first-order chi connectivity index (χ1) is 15.5. The quantitative estimate of drug-likeness (QED) is 0.635. The van der Waals surface area contributed by atoms with E-state index in [9.17, 15) is 19.5 Å². The number of carbonyl (C=O) groups is 3. The minimum absolute atomic E-state index is 0.0692. The molecule has 0 bridgehead atoms. The maximum absolute atomic E-state index is 12.9. The van der Waals surface area contributed by atoms with Crippen LogP contribution in [-0.4, -0.2) is 65.2 Å². The van der Waals surface area contributed by atoms with Gasteiger partial charge in [-0.15, -0.1) is 0 Å². The highest BCUT2D eigenvalue weighted by molar-refractivity contribution is 7.98. The molecule has 8 heteroatoms. The second-order valence-electron chi connectivity index (χ2n) is 7.98. The minimum Gasteiger partial charge on any atom is -0.480 e. The molecule has 0 radical (unpaired) electrons. The molecule has 1 fully saturated rings. The molecular weight excluding hydrogens is 428 g/mol. The van der Waals surface area contributed by atoms with Crippen molar-refractivity contribution in [3.8, 4) is 11.1 Å². The van der Waals surface area contributed by atoms with Gasteiger partial charge in [0.2, 0.25) is 5.91 Å². The van der Waals surface area contributed by atoms with Gasteiger partial charge in [-0.3, -0.25) is 4.79 Å². The number of amides is 2.